The first-order chi connectivity index (χ1) is 37.0. The molecule has 4 aromatic carbocycles. The minimum atomic E-state index is -0.598. The number of phenolic OH excluding ortho intramolecular Hbond substituents is 4. The van der Waals surface area contributed by atoms with Crippen LogP contribution in [0.25, 0.3) is 0 Å². The summed E-state index contributed by atoms with van der Waals surface area (Å²) >= 11 is 0. The third-order valence-electron chi connectivity index (χ3n) is 16.0. The van der Waals surface area contributed by atoms with E-state index in [1.807, 2.05) is 97.1 Å². The van der Waals surface area contributed by atoms with Gasteiger partial charge in [0, 0.05) is 96.3 Å². The second kappa shape index (κ2) is 30.9. The van der Waals surface area contributed by atoms with Crippen LogP contribution < -0.4 is 50.8 Å². The summed E-state index contributed by atoms with van der Waals surface area (Å²) in [5, 5.41) is 102. The van der Waals surface area contributed by atoms with Gasteiger partial charge in [-0.15, -0.1) is 0 Å². The van der Waals surface area contributed by atoms with Gasteiger partial charge in [-0.25, -0.2) is 0 Å². The molecule has 6 aliphatic rings. The Labute approximate surface area is 508 Å². The van der Waals surface area contributed by atoms with Gasteiger partial charge in [-0.2, -0.15) is 0 Å². The van der Waals surface area contributed by atoms with E-state index in [4.69, 9.17) is 0 Å². The molecular formula is C65H80N4NaO8Sc+. The molecule has 411 valence electrons. The molecule has 0 bridgehead atoms. The van der Waals surface area contributed by atoms with Gasteiger partial charge in [0.2, 0.25) is 0 Å². The summed E-state index contributed by atoms with van der Waals surface area (Å²) in [6, 6.07) is 27.5. The number of benzene rings is 4. The molecule has 0 aromatic heterocycles. The van der Waals surface area contributed by atoms with Gasteiger partial charge in [-0.3, -0.25) is 0 Å². The van der Waals surface area contributed by atoms with E-state index in [0.717, 1.165) is 86.5 Å². The molecule has 8 atom stereocenters. The van der Waals surface area contributed by atoms with E-state index in [1.165, 1.54) is 0 Å². The molecular weight excluding hydrogens is 1030 g/mol. The van der Waals surface area contributed by atoms with Crippen LogP contribution in [0.15, 0.2) is 192 Å². The van der Waals surface area contributed by atoms with E-state index >= 15 is 0 Å². The average Bonchev–Trinajstić information content (AvgIpc) is 3.45. The molecule has 10 rings (SSSR count). The molecule has 4 aromatic rings. The van der Waals surface area contributed by atoms with Crippen molar-refractivity contribution in [3.63, 3.8) is 0 Å². The van der Waals surface area contributed by atoms with Crippen molar-refractivity contribution in [1.29, 1.82) is 0 Å². The van der Waals surface area contributed by atoms with Crippen LogP contribution in [0.4, 0.5) is 0 Å². The third kappa shape index (κ3) is 15.8. The number of rotatable bonds is 16. The Bertz CT molecular complexity index is 2610. The van der Waals surface area contributed by atoms with Gasteiger partial charge in [0.15, 0.2) is 0 Å². The third-order valence-corrected chi connectivity index (χ3v) is 16.0. The van der Waals surface area contributed by atoms with Crippen molar-refractivity contribution in [3.05, 3.63) is 214 Å². The van der Waals surface area contributed by atoms with Crippen LogP contribution in [0.2, 0.25) is 0 Å². The fraction of sp³-hybridized carbons (Fsp3) is 0.385. The van der Waals surface area contributed by atoms with Crippen molar-refractivity contribution < 1.29 is 96.3 Å². The Morgan fingerprint density at radius 1 is 0.405 bits per heavy atom. The van der Waals surface area contributed by atoms with Gasteiger partial charge < -0.3 is 62.1 Å². The summed E-state index contributed by atoms with van der Waals surface area (Å²) in [4.78, 5) is 0. The van der Waals surface area contributed by atoms with Crippen LogP contribution in [-0.4, -0.2) is 89.3 Å². The summed E-state index contributed by atoms with van der Waals surface area (Å²) in [5.74, 6) is 1.42. The van der Waals surface area contributed by atoms with Gasteiger partial charge >= 0.3 is 29.6 Å². The number of allylic oxidation sites excluding steroid dienone is 8. The molecule has 2 saturated carbocycles. The Morgan fingerprint density at radius 3 is 0.975 bits per heavy atom. The number of hydrogen-bond acceptors (Lipinski definition) is 12. The molecule has 2 unspecified atom stereocenters. The second-order valence-corrected chi connectivity index (χ2v) is 21.0. The summed E-state index contributed by atoms with van der Waals surface area (Å²) < 4.78 is 0. The molecule has 1 radical (unpaired) electrons. The molecule has 0 spiro atoms. The van der Waals surface area contributed by atoms with Crippen LogP contribution in [0.3, 0.4) is 0 Å². The summed E-state index contributed by atoms with van der Waals surface area (Å²) in [5.41, 5.74) is 6.20. The number of hydrogen-bond donors (Lipinski definition) is 12. The molecule has 0 amide bonds. The van der Waals surface area contributed by atoms with Crippen molar-refractivity contribution in [3.8, 4) is 23.0 Å². The molecule has 12 N–H and O–H groups in total. The largest absolute Gasteiger partial charge is 1.00 e. The fourth-order valence-corrected chi connectivity index (χ4v) is 12.0. The zero-order valence-corrected chi connectivity index (χ0v) is 48.6. The first-order valence-corrected chi connectivity index (χ1v) is 27.5. The summed E-state index contributed by atoms with van der Waals surface area (Å²) in [6.07, 6.45) is 30.8. The van der Waals surface area contributed by atoms with Crippen LogP contribution in [0, 0.1) is 0 Å². The van der Waals surface area contributed by atoms with Crippen LogP contribution in [-0.2, 0) is 25.8 Å². The van der Waals surface area contributed by atoms with E-state index in [-0.39, 0.29) is 122 Å². The predicted octanol–water partition coefficient (Wildman–Crippen LogP) is 8.55. The zero-order valence-electron chi connectivity index (χ0n) is 44.8. The number of aromatic hydroxyl groups is 4. The molecule has 79 heavy (non-hydrogen) atoms. The first-order valence-electron chi connectivity index (χ1n) is 27.5. The van der Waals surface area contributed by atoms with Crippen molar-refractivity contribution in [2.75, 3.05) is 0 Å². The normalized spacial score (nSPS) is 23.5. The van der Waals surface area contributed by atoms with E-state index in [9.17, 15) is 40.9 Å². The van der Waals surface area contributed by atoms with Gasteiger partial charge in [0.25, 0.3) is 0 Å². The van der Waals surface area contributed by atoms with Crippen LogP contribution >= 0.6 is 0 Å². The van der Waals surface area contributed by atoms with Crippen molar-refractivity contribution in [1.82, 2.24) is 21.3 Å². The van der Waals surface area contributed by atoms with E-state index < -0.39 is 24.3 Å². The number of aliphatic hydroxyl groups is 4. The van der Waals surface area contributed by atoms with E-state index in [1.54, 1.807) is 48.5 Å². The maximum atomic E-state index is 10.9. The van der Waals surface area contributed by atoms with Gasteiger partial charge in [0.1, 0.15) is 23.0 Å². The molecule has 0 heterocycles. The van der Waals surface area contributed by atoms with Crippen LogP contribution in [0.5, 0.6) is 23.0 Å². The molecule has 0 aliphatic heterocycles. The van der Waals surface area contributed by atoms with Crippen molar-refractivity contribution in [2.24, 2.45) is 0 Å². The first kappa shape index (κ1) is 63.4. The topological polar surface area (TPSA) is 210 Å². The maximum Gasteiger partial charge on any atom is 1.00 e. The smallest absolute Gasteiger partial charge is 0.512 e. The quantitative estimate of drug-likeness (QED) is 0.0477. The fourth-order valence-electron chi connectivity index (χ4n) is 12.0. The number of nitrogens with one attached hydrogen (secondary N) is 4. The number of para-hydroxylation sites is 4. The molecule has 14 heteroatoms. The Hall–Kier alpha value is -4.77. The Morgan fingerprint density at radius 2 is 0.696 bits per heavy atom. The van der Waals surface area contributed by atoms with E-state index in [2.05, 4.69) is 33.4 Å². The molecule has 6 aliphatic carbocycles. The van der Waals surface area contributed by atoms with Gasteiger partial charge in [0.05, 0.1) is 47.9 Å². The average molecular weight is 1110 g/mol. The number of phenols is 4. The standard InChI is InChI=1S/C32H42N2O4.C32H34N2O4.CH4.Na.Sc/c2*35-27-17-7-1-11-21(27)31(22-12-2-8-18-28(22)36)33-25-15-5-6-16-26(25)34-32(23-13-3-9-19-29(23)37)24-14-4-10-20-30(24)38;;;/h1-4,7,9,11-14,25-27,29,31-38H,5-6,8,10,15-20H2;1-4,7-14,17-20,25-26,31-38H,5-6,15-16H2;1H4;;/q;;;+1;/t25-,26-,27-,29-,31?,32?;25-,26-;;;/m11.../s1. The minimum absolute atomic E-state index is 0. The molecule has 2 fully saturated rings. The zero-order chi connectivity index (χ0) is 53.0. The SMILES string of the molecule is C.OC1=C(C(N[C@@H]2CCCC[C@H]2NC(C2=CC=CC[C@H]2O)C2=C(O)CCC=C2)C2=CC=CC[C@H]2O)C=CCC1.Oc1ccccc1C(N[C@@H]1CCCC[C@H]1NC(c1ccccc1O)c1ccccc1O)c1ccccc1O.[Na+].[Sc]. The maximum absolute atomic E-state index is 10.9. The summed E-state index contributed by atoms with van der Waals surface area (Å²) in [7, 11) is 0. The van der Waals surface area contributed by atoms with Crippen molar-refractivity contribution in [2.45, 2.75) is 158 Å². The van der Waals surface area contributed by atoms with Crippen LogP contribution in [0.1, 0.15) is 132 Å². The Kier molecular flexibility index (Phi) is 24.8. The Balaban J connectivity index is 0.000000246. The summed E-state index contributed by atoms with van der Waals surface area (Å²) in [6.45, 7) is 0. The van der Waals surface area contributed by atoms with Crippen molar-refractivity contribution >= 4 is 0 Å². The predicted molar refractivity (Wildman–Crippen MR) is 307 cm³/mol. The van der Waals surface area contributed by atoms with E-state index in [0.29, 0.717) is 59.5 Å². The number of aliphatic hydroxyl groups excluding tert-OH is 4. The monoisotopic (exact) mass is 1110 g/mol. The molecule has 12 nitrogen and oxygen atoms in total. The molecule has 0 saturated heterocycles. The van der Waals surface area contributed by atoms with Gasteiger partial charge in [-0.05, 0) is 86.8 Å². The second-order valence-electron chi connectivity index (χ2n) is 21.0. The van der Waals surface area contributed by atoms with Gasteiger partial charge in [-0.1, -0.05) is 167 Å². The minimum Gasteiger partial charge on any atom is -0.512 e.